The van der Waals surface area contributed by atoms with E-state index < -0.39 is 0 Å². The van der Waals surface area contributed by atoms with Gasteiger partial charge < -0.3 is 19.3 Å². The molecule has 2 heterocycles. The van der Waals surface area contributed by atoms with Gasteiger partial charge in [0.25, 0.3) is 0 Å². The summed E-state index contributed by atoms with van der Waals surface area (Å²) in [6.45, 7) is 1.63. The first kappa shape index (κ1) is 16.6. The zero-order chi connectivity index (χ0) is 17.1. The normalized spacial score (nSPS) is 20.6. The van der Waals surface area contributed by atoms with Crippen LogP contribution in [0.4, 0.5) is 0 Å². The van der Waals surface area contributed by atoms with Crippen molar-refractivity contribution >= 4 is 11.8 Å². The van der Waals surface area contributed by atoms with Crippen molar-refractivity contribution in [2.24, 2.45) is 0 Å². The van der Waals surface area contributed by atoms with Crippen molar-refractivity contribution in [2.75, 3.05) is 33.9 Å². The van der Waals surface area contributed by atoms with Crippen molar-refractivity contribution in [1.82, 2.24) is 9.80 Å². The molecule has 0 aromatic heterocycles. The van der Waals surface area contributed by atoms with Gasteiger partial charge in [0.05, 0.1) is 26.8 Å². The molecule has 2 aliphatic rings. The zero-order valence-corrected chi connectivity index (χ0v) is 14.3. The summed E-state index contributed by atoms with van der Waals surface area (Å²) in [6.07, 6.45) is 3.31. The van der Waals surface area contributed by atoms with Crippen LogP contribution in [-0.4, -0.2) is 55.5 Å². The number of amides is 2. The minimum absolute atomic E-state index is 0.0301. The molecule has 130 valence electrons. The minimum atomic E-state index is 0.0301. The summed E-state index contributed by atoms with van der Waals surface area (Å²) in [5, 5.41) is 0. The average molecular weight is 332 g/mol. The highest BCUT2D eigenvalue weighted by atomic mass is 16.5. The van der Waals surface area contributed by atoms with Crippen molar-refractivity contribution in [3.05, 3.63) is 23.8 Å². The number of carbonyl (C=O) groups is 2. The van der Waals surface area contributed by atoms with E-state index in [2.05, 4.69) is 0 Å². The van der Waals surface area contributed by atoms with E-state index >= 15 is 0 Å². The standard InChI is InChI=1S/C18H24N2O4/c1-23-15-8-7-13(11-16(15)24-2)14-5-3-10-20(14)18(22)12-19-9-4-6-17(19)21/h7-8,11,14H,3-6,9-10,12H2,1-2H3/t14-/m1/s1. The molecule has 3 rings (SSSR count). The third-order valence-corrected chi connectivity index (χ3v) is 4.86. The van der Waals surface area contributed by atoms with Gasteiger partial charge in [0.15, 0.2) is 11.5 Å². The fourth-order valence-corrected chi connectivity index (χ4v) is 3.60. The van der Waals surface area contributed by atoms with E-state index in [1.807, 2.05) is 23.1 Å². The Morgan fingerprint density at radius 3 is 2.62 bits per heavy atom. The Morgan fingerprint density at radius 1 is 1.17 bits per heavy atom. The van der Waals surface area contributed by atoms with Crippen LogP contribution in [0.1, 0.15) is 37.3 Å². The van der Waals surface area contributed by atoms with E-state index in [0.29, 0.717) is 24.5 Å². The maximum absolute atomic E-state index is 12.7. The van der Waals surface area contributed by atoms with Gasteiger partial charge in [0.2, 0.25) is 11.8 Å². The average Bonchev–Trinajstić information content (AvgIpc) is 3.23. The van der Waals surface area contributed by atoms with E-state index in [4.69, 9.17) is 9.47 Å². The van der Waals surface area contributed by atoms with Gasteiger partial charge in [-0.15, -0.1) is 0 Å². The Morgan fingerprint density at radius 2 is 1.96 bits per heavy atom. The van der Waals surface area contributed by atoms with E-state index in [-0.39, 0.29) is 24.4 Å². The van der Waals surface area contributed by atoms with E-state index in [9.17, 15) is 9.59 Å². The van der Waals surface area contributed by atoms with Crippen LogP contribution in [0.25, 0.3) is 0 Å². The lowest BCUT2D eigenvalue weighted by Gasteiger charge is -2.27. The molecule has 0 radical (unpaired) electrons. The second-order valence-corrected chi connectivity index (χ2v) is 6.28. The molecule has 1 atom stereocenters. The molecule has 0 spiro atoms. The molecule has 0 N–H and O–H groups in total. The molecular weight excluding hydrogens is 308 g/mol. The molecule has 24 heavy (non-hydrogen) atoms. The van der Waals surface area contributed by atoms with Gasteiger partial charge in [-0.05, 0) is 37.0 Å². The fraction of sp³-hybridized carbons (Fsp3) is 0.556. The summed E-state index contributed by atoms with van der Waals surface area (Å²) in [5.74, 6) is 1.47. The summed E-state index contributed by atoms with van der Waals surface area (Å²) in [5.41, 5.74) is 1.05. The van der Waals surface area contributed by atoms with Crippen LogP contribution in [0, 0.1) is 0 Å². The number of likely N-dealkylation sites (tertiary alicyclic amines) is 2. The molecular formula is C18H24N2O4. The van der Waals surface area contributed by atoms with Gasteiger partial charge in [-0.25, -0.2) is 0 Å². The van der Waals surface area contributed by atoms with Gasteiger partial charge in [-0.1, -0.05) is 6.07 Å². The number of benzene rings is 1. The molecule has 0 bridgehead atoms. The third-order valence-electron chi connectivity index (χ3n) is 4.86. The van der Waals surface area contributed by atoms with E-state index in [0.717, 1.165) is 31.4 Å². The molecule has 0 aliphatic carbocycles. The highest BCUT2D eigenvalue weighted by molar-refractivity contribution is 5.86. The lowest BCUT2D eigenvalue weighted by Crippen LogP contribution is -2.40. The number of methoxy groups -OCH3 is 2. The van der Waals surface area contributed by atoms with Gasteiger partial charge >= 0.3 is 0 Å². The zero-order valence-electron chi connectivity index (χ0n) is 14.3. The van der Waals surface area contributed by atoms with Crippen LogP contribution in [-0.2, 0) is 9.59 Å². The third kappa shape index (κ3) is 3.18. The smallest absolute Gasteiger partial charge is 0.242 e. The first-order valence-corrected chi connectivity index (χ1v) is 8.43. The van der Waals surface area contributed by atoms with Gasteiger partial charge in [-0.3, -0.25) is 9.59 Å². The van der Waals surface area contributed by atoms with Crippen molar-refractivity contribution in [1.29, 1.82) is 0 Å². The lowest BCUT2D eigenvalue weighted by atomic mass is 10.0. The largest absolute Gasteiger partial charge is 0.493 e. The monoisotopic (exact) mass is 332 g/mol. The Balaban J connectivity index is 1.75. The highest BCUT2D eigenvalue weighted by Crippen LogP contribution is 2.37. The second kappa shape index (κ2) is 7.11. The second-order valence-electron chi connectivity index (χ2n) is 6.28. The van der Waals surface area contributed by atoms with Crippen molar-refractivity contribution in [2.45, 2.75) is 31.7 Å². The summed E-state index contributed by atoms with van der Waals surface area (Å²) in [4.78, 5) is 28.0. The lowest BCUT2D eigenvalue weighted by molar-refractivity contribution is -0.139. The van der Waals surface area contributed by atoms with Crippen molar-refractivity contribution in [3.8, 4) is 11.5 Å². The maximum Gasteiger partial charge on any atom is 0.242 e. The quantitative estimate of drug-likeness (QED) is 0.827. The molecule has 6 nitrogen and oxygen atoms in total. The summed E-state index contributed by atoms with van der Waals surface area (Å²) >= 11 is 0. The van der Waals surface area contributed by atoms with E-state index in [1.54, 1.807) is 19.1 Å². The molecule has 1 aromatic rings. The SMILES string of the molecule is COc1ccc([C@H]2CCCN2C(=O)CN2CCCC2=O)cc1OC. The predicted octanol–water partition coefficient (Wildman–Crippen LogP) is 1.99. The van der Waals surface area contributed by atoms with Crippen LogP contribution in [0.5, 0.6) is 11.5 Å². The van der Waals surface area contributed by atoms with Crippen LogP contribution in [0.2, 0.25) is 0 Å². The summed E-state index contributed by atoms with van der Waals surface area (Å²) in [6, 6.07) is 5.84. The molecule has 2 aliphatic heterocycles. The Bertz CT molecular complexity index is 631. The van der Waals surface area contributed by atoms with Crippen LogP contribution in [0.3, 0.4) is 0 Å². The highest BCUT2D eigenvalue weighted by Gasteiger charge is 2.32. The molecule has 1 aromatic carbocycles. The van der Waals surface area contributed by atoms with Crippen LogP contribution < -0.4 is 9.47 Å². The Kier molecular flexibility index (Phi) is 4.92. The van der Waals surface area contributed by atoms with Gasteiger partial charge in [0.1, 0.15) is 0 Å². The van der Waals surface area contributed by atoms with Crippen LogP contribution >= 0.6 is 0 Å². The predicted molar refractivity (Wildman–Crippen MR) is 89.0 cm³/mol. The molecule has 0 unspecified atom stereocenters. The van der Waals surface area contributed by atoms with Crippen molar-refractivity contribution in [3.63, 3.8) is 0 Å². The fourth-order valence-electron chi connectivity index (χ4n) is 3.60. The number of rotatable bonds is 5. The maximum atomic E-state index is 12.7. The minimum Gasteiger partial charge on any atom is -0.493 e. The molecule has 0 saturated carbocycles. The van der Waals surface area contributed by atoms with Gasteiger partial charge in [0, 0.05) is 19.5 Å². The summed E-state index contributed by atoms with van der Waals surface area (Å²) in [7, 11) is 3.22. The molecule has 6 heteroatoms. The van der Waals surface area contributed by atoms with Crippen LogP contribution in [0.15, 0.2) is 18.2 Å². The molecule has 2 saturated heterocycles. The molecule has 2 fully saturated rings. The molecule has 2 amide bonds. The van der Waals surface area contributed by atoms with E-state index in [1.165, 1.54) is 0 Å². The van der Waals surface area contributed by atoms with Gasteiger partial charge in [-0.2, -0.15) is 0 Å². The topological polar surface area (TPSA) is 59.1 Å². The number of hydrogen-bond donors (Lipinski definition) is 0. The number of nitrogens with zero attached hydrogens (tertiary/aromatic N) is 2. The first-order valence-electron chi connectivity index (χ1n) is 8.43. The number of ether oxygens (including phenoxy) is 2. The Labute approximate surface area is 142 Å². The summed E-state index contributed by atoms with van der Waals surface area (Å²) < 4.78 is 10.7. The first-order chi connectivity index (χ1) is 11.6. The van der Waals surface area contributed by atoms with Crippen molar-refractivity contribution < 1.29 is 19.1 Å². The number of carbonyl (C=O) groups excluding carboxylic acids is 2. The number of hydrogen-bond acceptors (Lipinski definition) is 4. The Hall–Kier alpha value is -2.24.